The molecular weight excluding hydrogens is 312 g/mol. The summed E-state index contributed by atoms with van der Waals surface area (Å²) in [5, 5.41) is 0. The van der Waals surface area contributed by atoms with Gasteiger partial charge in [0.2, 0.25) is 0 Å². The second-order valence-corrected chi connectivity index (χ2v) is 14.6. The Hall–Kier alpha value is 0.394. The first-order valence-electron chi connectivity index (χ1n) is 11.0. The van der Waals surface area contributed by atoms with Gasteiger partial charge in [0.1, 0.15) is 0 Å². The predicted octanol–water partition coefficient (Wildman–Crippen LogP) is 6.72. The molecule has 0 aromatic carbocycles. The van der Waals surface area contributed by atoms with Gasteiger partial charge in [-0.05, 0) is 23.2 Å². The van der Waals surface area contributed by atoms with E-state index in [0.717, 1.165) is 11.1 Å². The summed E-state index contributed by atoms with van der Waals surface area (Å²) in [7, 11) is -1.89. The first-order valence-corrected chi connectivity index (χ1v) is 14.9. The average Bonchev–Trinajstić information content (AvgIpc) is 2.62. The highest BCUT2D eigenvalue weighted by atomic mass is 28.4. The van der Waals surface area contributed by atoms with Crippen LogP contribution in [0.4, 0.5) is 0 Å². The van der Waals surface area contributed by atoms with Gasteiger partial charge in [-0.1, -0.05) is 104 Å². The number of rotatable bonds is 10. The van der Waals surface area contributed by atoms with E-state index in [1.807, 2.05) is 0 Å². The van der Waals surface area contributed by atoms with Gasteiger partial charge >= 0.3 is 0 Å². The highest BCUT2D eigenvalue weighted by molar-refractivity contribution is 6.67. The Morgan fingerprint density at radius 3 is 1.39 bits per heavy atom. The van der Waals surface area contributed by atoms with Crippen LogP contribution >= 0.6 is 0 Å². The van der Waals surface area contributed by atoms with Crippen LogP contribution in [0.1, 0.15) is 104 Å². The predicted molar refractivity (Wildman–Crippen MR) is 108 cm³/mol. The van der Waals surface area contributed by atoms with Crippen LogP contribution in [0.15, 0.2) is 0 Å². The zero-order chi connectivity index (χ0) is 16.3. The summed E-state index contributed by atoms with van der Waals surface area (Å²) >= 11 is 0. The van der Waals surface area contributed by atoms with Gasteiger partial charge in [0.25, 0.3) is 0 Å². The van der Waals surface area contributed by atoms with Crippen LogP contribution in [0.2, 0.25) is 23.2 Å². The number of unbranched alkanes of at least 4 members (excludes halogenated alkanes) is 2. The van der Waals surface area contributed by atoms with E-state index < -0.39 is 18.1 Å². The molecule has 0 aromatic rings. The fraction of sp³-hybridized carbons (Fsp3) is 1.00. The summed E-state index contributed by atoms with van der Waals surface area (Å²) in [5.74, 6) is 0. The third kappa shape index (κ3) is 7.03. The first kappa shape index (κ1) is 19.7. The highest BCUT2D eigenvalue weighted by Crippen LogP contribution is 2.38. The molecule has 0 radical (unpaired) electrons. The molecule has 0 saturated heterocycles. The maximum Gasteiger partial charge on any atom is 0.166 e. The molecule has 23 heavy (non-hydrogen) atoms. The van der Waals surface area contributed by atoms with Gasteiger partial charge in [-0.15, -0.1) is 0 Å². The Labute approximate surface area is 149 Å². The maximum absolute atomic E-state index is 7.21. The van der Waals surface area contributed by atoms with Crippen molar-refractivity contribution < 1.29 is 4.12 Å². The molecule has 2 rings (SSSR count). The minimum atomic E-state index is -0.943. The van der Waals surface area contributed by atoms with E-state index in [9.17, 15) is 0 Å². The van der Waals surface area contributed by atoms with Crippen molar-refractivity contribution in [1.29, 1.82) is 0 Å². The fourth-order valence-electron chi connectivity index (χ4n) is 4.88. The topological polar surface area (TPSA) is 9.23 Å². The second kappa shape index (κ2) is 11.9. The minimum Gasteiger partial charge on any atom is -0.459 e. The summed E-state index contributed by atoms with van der Waals surface area (Å²) in [5.41, 5.74) is 2.08. The lowest BCUT2D eigenvalue weighted by Gasteiger charge is -2.36. The molecule has 0 heterocycles. The monoisotopic (exact) mass is 354 g/mol. The van der Waals surface area contributed by atoms with Crippen molar-refractivity contribution >= 4 is 18.1 Å². The number of hydrogen-bond donors (Lipinski definition) is 0. The van der Waals surface area contributed by atoms with Crippen LogP contribution in [0.3, 0.4) is 0 Å². The molecule has 1 nitrogen and oxygen atoms in total. The molecule has 2 fully saturated rings. The summed E-state index contributed by atoms with van der Waals surface area (Å²) in [6, 6.07) is 2.98. The van der Waals surface area contributed by atoms with Crippen LogP contribution in [0.5, 0.6) is 0 Å². The Kier molecular flexibility index (Phi) is 10.2. The molecular formula is C20H42OSi2. The zero-order valence-corrected chi connectivity index (χ0v) is 18.3. The van der Waals surface area contributed by atoms with E-state index >= 15 is 0 Å². The van der Waals surface area contributed by atoms with Crippen molar-refractivity contribution in [2.45, 2.75) is 127 Å². The molecule has 0 amide bonds. The SMILES string of the molecule is CCCC[SiH](O[SiH](CCCC)C1CCCCC1)C1CCCCC1. The van der Waals surface area contributed by atoms with Crippen molar-refractivity contribution in [1.82, 2.24) is 0 Å². The van der Waals surface area contributed by atoms with Crippen LogP contribution in [-0.4, -0.2) is 18.1 Å². The Bertz CT molecular complexity index is 257. The van der Waals surface area contributed by atoms with Crippen LogP contribution in [0.25, 0.3) is 0 Å². The molecule has 0 aromatic heterocycles. The second-order valence-electron chi connectivity index (χ2n) is 8.29. The molecule has 0 spiro atoms. The van der Waals surface area contributed by atoms with Crippen LogP contribution in [-0.2, 0) is 4.12 Å². The Morgan fingerprint density at radius 1 is 0.652 bits per heavy atom. The molecule has 0 N–H and O–H groups in total. The maximum atomic E-state index is 7.21. The van der Waals surface area contributed by atoms with Gasteiger partial charge in [-0.3, -0.25) is 0 Å². The molecule has 0 bridgehead atoms. The van der Waals surface area contributed by atoms with Gasteiger partial charge in [-0.25, -0.2) is 0 Å². The number of hydrogen-bond acceptors (Lipinski definition) is 1. The summed E-state index contributed by atoms with van der Waals surface area (Å²) in [6.45, 7) is 4.72. The molecule has 136 valence electrons. The van der Waals surface area contributed by atoms with E-state index in [0.29, 0.717) is 0 Å². The lowest BCUT2D eigenvalue weighted by Crippen LogP contribution is -2.37. The molecule has 2 atom stereocenters. The van der Waals surface area contributed by atoms with Crippen LogP contribution < -0.4 is 0 Å². The summed E-state index contributed by atoms with van der Waals surface area (Å²) in [6.07, 6.45) is 20.6. The normalized spacial score (nSPS) is 23.7. The molecule has 2 aliphatic rings. The minimum absolute atomic E-state index is 0.943. The smallest absolute Gasteiger partial charge is 0.166 e. The molecule has 3 heteroatoms. The third-order valence-corrected chi connectivity index (χ3v) is 14.6. The lowest BCUT2D eigenvalue weighted by atomic mass is 10.0. The van der Waals surface area contributed by atoms with Gasteiger partial charge in [0.15, 0.2) is 18.1 Å². The van der Waals surface area contributed by atoms with E-state index in [1.165, 1.54) is 102 Å². The summed E-state index contributed by atoms with van der Waals surface area (Å²) in [4.78, 5) is 0. The Morgan fingerprint density at radius 2 is 1.04 bits per heavy atom. The summed E-state index contributed by atoms with van der Waals surface area (Å²) < 4.78 is 7.21. The van der Waals surface area contributed by atoms with Crippen molar-refractivity contribution in [2.75, 3.05) is 0 Å². The van der Waals surface area contributed by atoms with Gasteiger partial charge < -0.3 is 4.12 Å². The zero-order valence-electron chi connectivity index (χ0n) is 16.0. The van der Waals surface area contributed by atoms with E-state index in [4.69, 9.17) is 4.12 Å². The van der Waals surface area contributed by atoms with Crippen molar-refractivity contribution in [3.63, 3.8) is 0 Å². The van der Waals surface area contributed by atoms with E-state index in [-0.39, 0.29) is 0 Å². The third-order valence-electron chi connectivity index (χ3n) is 6.39. The van der Waals surface area contributed by atoms with Gasteiger partial charge in [0, 0.05) is 0 Å². The molecule has 2 unspecified atom stereocenters. The quantitative estimate of drug-likeness (QED) is 0.396. The molecule has 2 aliphatic carbocycles. The van der Waals surface area contributed by atoms with Crippen molar-refractivity contribution in [2.24, 2.45) is 0 Å². The fourth-order valence-corrected chi connectivity index (χ4v) is 14.5. The molecule has 2 saturated carbocycles. The average molecular weight is 355 g/mol. The lowest BCUT2D eigenvalue weighted by molar-refractivity contribution is 0.422. The van der Waals surface area contributed by atoms with Gasteiger partial charge in [-0.2, -0.15) is 0 Å². The largest absolute Gasteiger partial charge is 0.459 e. The first-order chi connectivity index (χ1) is 11.3. The van der Waals surface area contributed by atoms with Crippen LogP contribution in [0, 0.1) is 0 Å². The highest BCUT2D eigenvalue weighted by Gasteiger charge is 2.32. The van der Waals surface area contributed by atoms with E-state index in [1.54, 1.807) is 0 Å². The van der Waals surface area contributed by atoms with Crippen molar-refractivity contribution in [3.05, 3.63) is 0 Å². The standard InChI is InChI=1S/C20H42OSi2/c1-3-5-17-22(19-13-9-7-10-14-19)21-23(18-6-4-2)20-15-11-8-12-16-20/h19-20,22-23H,3-18H2,1-2H3. The van der Waals surface area contributed by atoms with Gasteiger partial charge in [0.05, 0.1) is 0 Å². The Balaban J connectivity index is 1.94. The van der Waals surface area contributed by atoms with E-state index in [2.05, 4.69) is 13.8 Å². The van der Waals surface area contributed by atoms with Crippen molar-refractivity contribution in [3.8, 4) is 0 Å². The molecule has 0 aliphatic heterocycles.